The van der Waals surface area contributed by atoms with Crippen LogP contribution in [0.5, 0.6) is 17.5 Å². The number of aryl methyl sites for hydroxylation is 2. The van der Waals surface area contributed by atoms with E-state index in [0.29, 0.717) is 30.7 Å². The van der Waals surface area contributed by atoms with Gasteiger partial charge < -0.3 is 14.5 Å². The molecule has 0 aliphatic carbocycles. The summed E-state index contributed by atoms with van der Waals surface area (Å²) in [5.74, 6) is 0.462. The number of methoxy groups -OCH3 is 1. The maximum absolute atomic E-state index is 13.1. The summed E-state index contributed by atoms with van der Waals surface area (Å²) in [6, 6.07) is 10.2. The molecule has 0 aliphatic heterocycles. The maximum Gasteiger partial charge on any atom is 0.417 e. The van der Waals surface area contributed by atoms with Gasteiger partial charge in [-0.25, -0.2) is 15.0 Å². The Bertz CT molecular complexity index is 1550. The zero-order chi connectivity index (χ0) is 27.3. The van der Waals surface area contributed by atoms with Crippen molar-refractivity contribution in [3.63, 3.8) is 0 Å². The SMILES string of the molecule is COc1ncc(Cc2cnc(CCc3ccc(Oc4ccc(Cl)c(C(F)(F)F)c4)c(C#N)c3)[nH]c2=O)cn1. The lowest BCUT2D eigenvalue weighted by Crippen LogP contribution is -2.17. The molecule has 12 heteroatoms. The van der Waals surface area contributed by atoms with Gasteiger partial charge >= 0.3 is 12.2 Å². The predicted octanol–water partition coefficient (Wildman–Crippen LogP) is 5.28. The van der Waals surface area contributed by atoms with Crippen molar-refractivity contribution in [2.45, 2.75) is 25.4 Å². The molecule has 0 radical (unpaired) electrons. The van der Waals surface area contributed by atoms with Crippen LogP contribution in [0.2, 0.25) is 5.02 Å². The monoisotopic (exact) mass is 541 g/mol. The molecule has 4 aromatic rings. The van der Waals surface area contributed by atoms with Gasteiger partial charge in [-0.3, -0.25) is 4.79 Å². The van der Waals surface area contributed by atoms with Gasteiger partial charge in [0.2, 0.25) is 0 Å². The smallest absolute Gasteiger partial charge is 0.417 e. The fourth-order valence-corrected chi connectivity index (χ4v) is 3.78. The van der Waals surface area contributed by atoms with Crippen molar-refractivity contribution < 1.29 is 22.6 Å². The van der Waals surface area contributed by atoms with Gasteiger partial charge in [-0.1, -0.05) is 17.7 Å². The van der Waals surface area contributed by atoms with Crippen LogP contribution in [0, 0.1) is 11.3 Å². The first-order valence-electron chi connectivity index (χ1n) is 11.2. The fourth-order valence-electron chi connectivity index (χ4n) is 3.55. The quantitative estimate of drug-likeness (QED) is 0.323. The lowest BCUT2D eigenvalue weighted by Gasteiger charge is -2.13. The zero-order valence-electron chi connectivity index (χ0n) is 19.8. The molecule has 0 bridgehead atoms. The van der Waals surface area contributed by atoms with Gasteiger partial charge in [-0.2, -0.15) is 18.4 Å². The van der Waals surface area contributed by atoms with Gasteiger partial charge in [-0.15, -0.1) is 0 Å². The van der Waals surface area contributed by atoms with Gasteiger partial charge in [0.05, 0.1) is 23.3 Å². The number of nitriles is 1. The molecule has 0 saturated carbocycles. The highest BCUT2D eigenvalue weighted by Crippen LogP contribution is 2.38. The normalized spacial score (nSPS) is 11.2. The number of rotatable bonds is 8. The molecule has 0 spiro atoms. The van der Waals surface area contributed by atoms with E-state index in [0.717, 1.165) is 23.3 Å². The number of H-pyrrole nitrogens is 1. The Hall–Kier alpha value is -4.43. The molecule has 0 fully saturated rings. The Kier molecular flexibility index (Phi) is 7.93. The topological polar surface area (TPSA) is 114 Å². The molecule has 0 atom stereocenters. The third-order valence-electron chi connectivity index (χ3n) is 5.47. The van der Waals surface area contributed by atoms with E-state index in [-0.39, 0.29) is 28.6 Å². The van der Waals surface area contributed by atoms with Crippen molar-refractivity contribution in [3.05, 3.63) is 104 Å². The second kappa shape index (κ2) is 11.3. The predicted molar refractivity (Wildman–Crippen MR) is 131 cm³/mol. The van der Waals surface area contributed by atoms with E-state index in [1.54, 1.807) is 24.5 Å². The highest BCUT2D eigenvalue weighted by Gasteiger charge is 2.33. The second-order valence-electron chi connectivity index (χ2n) is 8.12. The van der Waals surface area contributed by atoms with Crippen LogP contribution in [0.25, 0.3) is 0 Å². The molecular weight excluding hydrogens is 523 g/mol. The molecule has 8 nitrogen and oxygen atoms in total. The van der Waals surface area contributed by atoms with Gasteiger partial charge in [0.1, 0.15) is 23.4 Å². The van der Waals surface area contributed by atoms with E-state index in [2.05, 4.69) is 19.9 Å². The minimum atomic E-state index is -4.64. The van der Waals surface area contributed by atoms with Gasteiger partial charge in [0.15, 0.2) is 0 Å². The number of benzene rings is 2. The third kappa shape index (κ3) is 6.46. The van der Waals surface area contributed by atoms with Gasteiger partial charge in [0, 0.05) is 37.0 Å². The molecule has 194 valence electrons. The summed E-state index contributed by atoms with van der Waals surface area (Å²) in [4.78, 5) is 27.6. The van der Waals surface area contributed by atoms with Crippen molar-refractivity contribution in [2.24, 2.45) is 0 Å². The molecule has 2 aromatic carbocycles. The second-order valence-corrected chi connectivity index (χ2v) is 8.53. The van der Waals surface area contributed by atoms with E-state index in [1.807, 2.05) is 6.07 Å². The lowest BCUT2D eigenvalue weighted by atomic mass is 10.1. The number of aromatic nitrogens is 4. The van der Waals surface area contributed by atoms with E-state index in [9.17, 15) is 23.2 Å². The van der Waals surface area contributed by atoms with Gasteiger partial charge in [-0.05, 0) is 47.9 Å². The first kappa shape index (κ1) is 26.6. The van der Waals surface area contributed by atoms with Crippen LogP contribution < -0.4 is 15.0 Å². The summed E-state index contributed by atoms with van der Waals surface area (Å²) < 4.78 is 49.9. The number of nitrogens with zero attached hydrogens (tertiary/aromatic N) is 4. The molecule has 4 rings (SSSR count). The minimum Gasteiger partial charge on any atom is -0.467 e. The number of ether oxygens (including phenoxy) is 2. The Labute approximate surface area is 219 Å². The van der Waals surface area contributed by atoms with Crippen molar-refractivity contribution in [3.8, 4) is 23.6 Å². The zero-order valence-corrected chi connectivity index (χ0v) is 20.6. The third-order valence-corrected chi connectivity index (χ3v) is 5.80. The maximum atomic E-state index is 13.1. The highest BCUT2D eigenvalue weighted by molar-refractivity contribution is 6.31. The van der Waals surface area contributed by atoms with Crippen LogP contribution >= 0.6 is 11.6 Å². The van der Waals surface area contributed by atoms with E-state index in [1.165, 1.54) is 25.4 Å². The summed E-state index contributed by atoms with van der Waals surface area (Å²) in [6.07, 6.45) is 1.13. The average Bonchev–Trinajstić information content (AvgIpc) is 2.90. The average molecular weight is 542 g/mol. The Morgan fingerprint density at radius 2 is 1.79 bits per heavy atom. The van der Waals surface area contributed by atoms with Gasteiger partial charge in [0.25, 0.3) is 5.56 Å². The molecular formula is C26H19ClF3N5O3. The van der Waals surface area contributed by atoms with E-state index in [4.69, 9.17) is 21.1 Å². The number of hydrogen-bond acceptors (Lipinski definition) is 7. The summed E-state index contributed by atoms with van der Waals surface area (Å²) in [7, 11) is 1.46. The molecule has 2 aromatic heterocycles. The molecule has 0 unspecified atom stereocenters. The van der Waals surface area contributed by atoms with Crippen LogP contribution in [-0.2, 0) is 25.4 Å². The van der Waals surface area contributed by atoms with Crippen molar-refractivity contribution >= 4 is 11.6 Å². The fraction of sp³-hybridized carbons (Fsp3) is 0.192. The Morgan fingerprint density at radius 3 is 2.45 bits per heavy atom. The van der Waals surface area contributed by atoms with Crippen LogP contribution in [0.1, 0.15) is 33.6 Å². The first-order valence-corrected chi connectivity index (χ1v) is 11.5. The van der Waals surface area contributed by atoms with Crippen LogP contribution in [-0.4, -0.2) is 27.0 Å². The molecule has 0 amide bonds. The van der Waals surface area contributed by atoms with E-state index >= 15 is 0 Å². The number of aromatic amines is 1. The molecule has 2 heterocycles. The van der Waals surface area contributed by atoms with Crippen molar-refractivity contribution in [1.82, 2.24) is 19.9 Å². The Morgan fingerprint density at radius 1 is 1.03 bits per heavy atom. The summed E-state index contributed by atoms with van der Waals surface area (Å²) in [6.45, 7) is 0. The molecule has 0 saturated heterocycles. The van der Waals surface area contributed by atoms with Crippen LogP contribution in [0.15, 0.2) is 59.8 Å². The number of halogens is 4. The van der Waals surface area contributed by atoms with Crippen molar-refractivity contribution in [1.29, 1.82) is 5.26 Å². The summed E-state index contributed by atoms with van der Waals surface area (Å²) >= 11 is 5.65. The molecule has 38 heavy (non-hydrogen) atoms. The number of alkyl halides is 3. The van der Waals surface area contributed by atoms with E-state index < -0.39 is 16.8 Å². The number of hydrogen-bond donors (Lipinski definition) is 1. The van der Waals surface area contributed by atoms with Crippen molar-refractivity contribution in [2.75, 3.05) is 7.11 Å². The highest BCUT2D eigenvalue weighted by atomic mass is 35.5. The molecule has 1 N–H and O–H groups in total. The molecule has 0 aliphatic rings. The summed E-state index contributed by atoms with van der Waals surface area (Å²) in [5, 5.41) is 9.10. The number of nitrogens with one attached hydrogen (secondary N) is 1. The summed E-state index contributed by atoms with van der Waals surface area (Å²) in [5.41, 5.74) is 0.759. The largest absolute Gasteiger partial charge is 0.467 e. The van der Waals surface area contributed by atoms with Crippen LogP contribution in [0.4, 0.5) is 13.2 Å². The Balaban J connectivity index is 1.43. The minimum absolute atomic E-state index is 0.102. The van der Waals surface area contributed by atoms with Crippen LogP contribution in [0.3, 0.4) is 0 Å². The lowest BCUT2D eigenvalue weighted by molar-refractivity contribution is -0.137. The first-order chi connectivity index (χ1) is 18.2. The standard InChI is InChI=1S/C26H19ClF3N5O3/c1-37-25-33-12-16(13-34-25)9-18-14-32-23(35-24(18)36)7-3-15-2-6-22(17(8-15)11-31)38-19-4-5-21(27)20(10-19)26(28,29)30/h2,4-6,8,10,12-14H,3,7,9H2,1H3,(H,32,35,36).